The standard InChI is InChI=1S/C21H16NS2/c1(3-19-7-11-23-15-19)17-5-9-22-10-6-18(14-21(22)13-17)2-4-20-8-12-24-16-20/h1-16H/q+1/b3-1+,4-2+. The van der Waals surface area contributed by atoms with Gasteiger partial charge in [-0.25, -0.2) is 0 Å². The van der Waals surface area contributed by atoms with Gasteiger partial charge in [-0.1, -0.05) is 24.3 Å². The minimum Gasteiger partial charge on any atom is -0.167 e. The van der Waals surface area contributed by atoms with Gasteiger partial charge >= 0.3 is 0 Å². The van der Waals surface area contributed by atoms with Gasteiger partial charge in [0, 0.05) is 24.3 Å². The molecule has 0 saturated heterocycles. The quantitative estimate of drug-likeness (QED) is 0.406. The Morgan fingerprint density at radius 3 is 1.58 bits per heavy atom. The van der Waals surface area contributed by atoms with Gasteiger partial charge in [0.1, 0.15) is 0 Å². The minimum atomic E-state index is 1.19. The molecule has 0 radical (unpaired) electrons. The molecule has 0 bridgehead atoms. The fourth-order valence-corrected chi connectivity index (χ4v) is 3.77. The highest BCUT2D eigenvalue weighted by atomic mass is 32.1. The summed E-state index contributed by atoms with van der Waals surface area (Å²) in [5, 5.41) is 8.50. The van der Waals surface area contributed by atoms with Gasteiger partial charge in [-0.2, -0.15) is 27.1 Å². The first-order valence-electron chi connectivity index (χ1n) is 7.72. The van der Waals surface area contributed by atoms with Gasteiger partial charge in [0.15, 0.2) is 12.4 Å². The highest BCUT2D eigenvalue weighted by Crippen LogP contribution is 2.14. The van der Waals surface area contributed by atoms with Gasteiger partial charge in [0.2, 0.25) is 5.52 Å². The summed E-state index contributed by atoms with van der Waals surface area (Å²) in [6.45, 7) is 0. The molecule has 0 N–H and O–H groups in total. The van der Waals surface area contributed by atoms with Crippen LogP contribution in [0.5, 0.6) is 0 Å². The molecule has 4 aromatic heterocycles. The molecule has 4 rings (SSSR count). The smallest absolute Gasteiger partial charge is 0.167 e. The van der Waals surface area contributed by atoms with Crippen LogP contribution in [0.1, 0.15) is 22.3 Å². The number of thiophene rings is 2. The van der Waals surface area contributed by atoms with E-state index in [4.69, 9.17) is 0 Å². The van der Waals surface area contributed by atoms with Crippen LogP contribution in [-0.4, -0.2) is 0 Å². The van der Waals surface area contributed by atoms with Crippen LogP contribution in [0, 0.1) is 0 Å². The number of pyridine rings is 2. The first kappa shape index (κ1) is 15.1. The predicted octanol–water partition coefficient (Wildman–Crippen LogP) is 5.89. The average Bonchev–Trinajstić information content (AvgIpc) is 3.31. The molecule has 0 unspecified atom stereocenters. The lowest BCUT2D eigenvalue weighted by Gasteiger charge is -1.96. The van der Waals surface area contributed by atoms with Gasteiger partial charge in [-0.05, 0) is 55.9 Å². The summed E-state index contributed by atoms with van der Waals surface area (Å²) in [7, 11) is 0. The molecule has 0 aliphatic carbocycles. The summed E-state index contributed by atoms with van der Waals surface area (Å²) in [6, 6.07) is 13.0. The maximum absolute atomic E-state index is 2.21. The second-order valence-corrected chi connectivity index (χ2v) is 7.09. The van der Waals surface area contributed by atoms with Crippen molar-refractivity contribution in [2.45, 2.75) is 0 Å². The largest absolute Gasteiger partial charge is 0.211 e. The van der Waals surface area contributed by atoms with E-state index in [1.54, 1.807) is 22.7 Å². The second kappa shape index (κ2) is 6.95. The Balaban J connectivity index is 1.62. The summed E-state index contributed by atoms with van der Waals surface area (Å²) in [5.74, 6) is 0. The highest BCUT2D eigenvalue weighted by molar-refractivity contribution is 7.08. The van der Waals surface area contributed by atoms with Crippen molar-refractivity contribution < 1.29 is 4.40 Å². The van der Waals surface area contributed by atoms with Crippen molar-refractivity contribution in [3.8, 4) is 0 Å². The van der Waals surface area contributed by atoms with E-state index in [0.29, 0.717) is 0 Å². The molecular weight excluding hydrogens is 330 g/mol. The summed E-state index contributed by atoms with van der Waals surface area (Å²) in [6.07, 6.45) is 12.8. The van der Waals surface area contributed by atoms with Crippen LogP contribution in [0.2, 0.25) is 0 Å². The number of fused-ring (bicyclic) bond motifs is 1. The first-order chi connectivity index (χ1) is 11.9. The predicted molar refractivity (Wildman–Crippen MR) is 106 cm³/mol. The molecule has 3 heteroatoms. The van der Waals surface area contributed by atoms with E-state index < -0.39 is 0 Å². The summed E-state index contributed by atoms with van der Waals surface area (Å²) < 4.78 is 2.14. The molecule has 0 saturated carbocycles. The van der Waals surface area contributed by atoms with Crippen LogP contribution in [0.4, 0.5) is 0 Å². The number of hydrogen-bond acceptors (Lipinski definition) is 2. The van der Waals surface area contributed by atoms with Crippen molar-refractivity contribution in [1.29, 1.82) is 0 Å². The van der Waals surface area contributed by atoms with Crippen LogP contribution in [-0.2, 0) is 0 Å². The monoisotopic (exact) mass is 346 g/mol. The third kappa shape index (κ3) is 3.53. The Bertz CT molecular complexity index is 915. The van der Waals surface area contributed by atoms with Crippen LogP contribution in [0.15, 0.2) is 70.3 Å². The van der Waals surface area contributed by atoms with Crippen molar-refractivity contribution in [3.63, 3.8) is 0 Å². The Kier molecular flexibility index (Phi) is 4.36. The molecule has 0 fully saturated rings. The summed E-state index contributed by atoms with van der Waals surface area (Å²) in [4.78, 5) is 0. The van der Waals surface area contributed by atoms with Crippen LogP contribution in [0.3, 0.4) is 0 Å². The van der Waals surface area contributed by atoms with Gasteiger partial charge in [0.25, 0.3) is 0 Å². The van der Waals surface area contributed by atoms with Crippen molar-refractivity contribution in [2.24, 2.45) is 0 Å². The first-order valence-corrected chi connectivity index (χ1v) is 9.61. The van der Waals surface area contributed by atoms with E-state index in [-0.39, 0.29) is 0 Å². The Morgan fingerprint density at radius 2 is 1.12 bits per heavy atom. The van der Waals surface area contributed by atoms with E-state index in [9.17, 15) is 0 Å². The molecule has 4 aromatic rings. The maximum Gasteiger partial charge on any atom is 0.211 e. The highest BCUT2D eigenvalue weighted by Gasteiger charge is 2.03. The van der Waals surface area contributed by atoms with Gasteiger partial charge in [0.05, 0.1) is 0 Å². The molecule has 4 heterocycles. The lowest BCUT2D eigenvalue weighted by atomic mass is 10.1. The lowest BCUT2D eigenvalue weighted by Crippen LogP contribution is -2.20. The molecule has 0 aliphatic heterocycles. The molecule has 0 amide bonds. The number of rotatable bonds is 4. The zero-order valence-electron chi connectivity index (χ0n) is 13.0. The fraction of sp³-hybridized carbons (Fsp3) is 0. The minimum absolute atomic E-state index is 1.19. The topological polar surface area (TPSA) is 4.10 Å². The number of nitrogens with zero attached hydrogens (tertiary/aromatic N) is 1. The fourth-order valence-electron chi connectivity index (χ4n) is 2.51. The van der Waals surface area contributed by atoms with E-state index in [2.05, 4.69) is 99.0 Å². The average molecular weight is 347 g/mol. The van der Waals surface area contributed by atoms with Gasteiger partial charge < -0.3 is 0 Å². The van der Waals surface area contributed by atoms with Crippen LogP contribution >= 0.6 is 22.7 Å². The van der Waals surface area contributed by atoms with E-state index in [1.807, 2.05) is 0 Å². The molecule has 116 valence electrons. The third-order valence-electron chi connectivity index (χ3n) is 3.81. The second-order valence-electron chi connectivity index (χ2n) is 5.53. The molecule has 0 spiro atoms. The summed E-state index contributed by atoms with van der Waals surface area (Å²) >= 11 is 3.44. The van der Waals surface area contributed by atoms with Gasteiger partial charge in [-0.15, -0.1) is 0 Å². The number of hydrogen-bond donors (Lipinski definition) is 0. The van der Waals surface area contributed by atoms with E-state index >= 15 is 0 Å². The molecule has 24 heavy (non-hydrogen) atoms. The lowest BCUT2D eigenvalue weighted by molar-refractivity contribution is -0.512. The van der Waals surface area contributed by atoms with E-state index in [0.717, 1.165) is 0 Å². The Hall–Kier alpha value is -2.49. The van der Waals surface area contributed by atoms with Gasteiger partial charge in [-0.3, -0.25) is 0 Å². The molecule has 0 aliphatic rings. The van der Waals surface area contributed by atoms with Crippen LogP contribution < -0.4 is 4.40 Å². The third-order valence-corrected chi connectivity index (χ3v) is 5.21. The normalized spacial score (nSPS) is 11.8. The van der Waals surface area contributed by atoms with Crippen molar-refractivity contribution in [3.05, 3.63) is 92.6 Å². The SMILES string of the molecule is C(=C\c1cc[n+]2ccc(/C=C/c3ccsc3)cc2c1)/c1ccsc1. The van der Waals surface area contributed by atoms with Crippen LogP contribution in [0.25, 0.3) is 29.8 Å². The van der Waals surface area contributed by atoms with Crippen molar-refractivity contribution >= 4 is 52.5 Å². The molecule has 0 aromatic carbocycles. The summed E-state index contributed by atoms with van der Waals surface area (Å²) in [5.41, 5.74) is 6.11. The molecule has 1 nitrogen and oxygen atoms in total. The van der Waals surface area contributed by atoms with Crippen molar-refractivity contribution in [2.75, 3.05) is 0 Å². The van der Waals surface area contributed by atoms with E-state index in [1.165, 1.54) is 27.8 Å². The Morgan fingerprint density at radius 1 is 0.625 bits per heavy atom. The molecular formula is C21H16NS2+. The molecule has 0 atom stereocenters. The zero-order chi connectivity index (χ0) is 16.2. The Labute approximate surface area is 149 Å². The number of aromatic nitrogens is 1. The van der Waals surface area contributed by atoms with Crippen molar-refractivity contribution in [1.82, 2.24) is 0 Å². The maximum atomic E-state index is 2.21. The zero-order valence-corrected chi connectivity index (χ0v) is 14.6.